The van der Waals surface area contributed by atoms with Crippen LogP contribution in [-0.4, -0.2) is 16.4 Å². The number of nitrogens with one attached hydrogen (secondary N) is 2. The lowest BCUT2D eigenvalue weighted by molar-refractivity contribution is -0.112. The molecule has 0 radical (unpaired) electrons. The van der Waals surface area contributed by atoms with Crippen LogP contribution in [0.15, 0.2) is 54.1 Å². The van der Waals surface area contributed by atoms with Gasteiger partial charge in [-0.25, -0.2) is 0 Å². The second-order valence-corrected chi connectivity index (χ2v) is 11.9. The zero-order chi connectivity index (χ0) is 29.3. The first kappa shape index (κ1) is 28.1. The number of carbonyl (C=O) groups excluding carboxylic acids is 2. The quantitative estimate of drug-likeness (QED) is 0.186. The van der Waals surface area contributed by atoms with Crippen molar-refractivity contribution in [1.29, 1.82) is 5.26 Å². The summed E-state index contributed by atoms with van der Waals surface area (Å²) in [6.45, 7) is 9.98. The zero-order valence-electron chi connectivity index (χ0n) is 24.1. The molecule has 0 bridgehead atoms. The number of thiophene rings is 1. The maximum Gasteiger partial charge on any atom is 0.266 e. The Kier molecular flexibility index (Phi) is 7.96. The molecule has 0 spiro atoms. The number of hydrogen-bond donors (Lipinski definition) is 2. The molecule has 5 rings (SSSR count). The van der Waals surface area contributed by atoms with Gasteiger partial charge in [-0.15, -0.1) is 11.3 Å². The van der Waals surface area contributed by atoms with Crippen LogP contribution in [0, 0.1) is 45.9 Å². The highest BCUT2D eigenvalue weighted by molar-refractivity contribution is 7.15. The van der Waals surface area contributed by atoms with Crippen LogP contribution in [-0.2, 0) is 17.6 Å². The fraction of sp³-hybridized carbons (Fsp3) is 0.265. The van der Waals surface area contributed by atoms with E-state index in [4.69, 9.17) is 0 Å². The van der Waals surface area contributed by atoms with Crippen molar-refractivity contribution < 1.29 is 9.59 Å². The minimum Gasteiger partial charge on any atom is -0.322 e. The van der Waals surface area contributed by atoms with E-state index in [1.165, 1.54) is 4.88 Å². The van der Waals surface area contributed by atoms with Gasteiger partial charge in [0.15, 0.2) is 0 Å². The molecule has 2 N–H and O–H groups in total. The number of benzene rings is 2. The van der Waals surface area contributed by atoms with Crippen LogP contribution >= 0.6 is 11.3 Å². The van der Waals surface area contributed by atoms with Gasteiger partial charge in [0.05, 0.1) is 5.56 Å². The summed E-state index contributed by atoms with van der Waals surface area (Å²) in [5.41, 5.74) is 9.20. The third-order valence-corrected chi connectivity index (χ3v) is 9.07. The van der Waals surface area contributed by atoms with Gasteiger partial charge >= 0.3 is 0 Å². The van der Waals surface area contributed by atoms with Crippen LogP contribution < -0.4 is 10.6 Å². The highest BCUT2D eigenvalue weighted by Gasteiger charge is 2.28. The lowest BCUT2D eigenvalue weighted by Crippen LogP contribution is -2.17. The molecular weight excluding hydrogens is 528 g/mol. The maximum atomic E-state index is 13.8. The largest absolute Gasteiger partial charge is 0.322 e. The van der Waals surface area contributed by atoms with Crippen molar-refractivity contribution in [3.8, 4) is 11.1 Å². The maximum absolute atomic E-state index is 13.8. The van der Waals surface area contributed by atoms with Crippen LogP contribution in [0.4, 0.5) is 11.4 Å². The summed E-state index contributed by atoms with van der Waals surface area (Å²) in [6, 6.07) is 17.5. The SMILES string of the molecule is Cc1ccc(NC(=O)c2c(-n3c(C)cc(/C=C(/C#N)C(=O)Nc4ccc(C)c(C)c4)c3C)sc3c2CCCC3)cc1. The predicted octanol–water partition coefficient (Wildman–Crippen LogP) is 7.76. The summed E-state index contributed by atoms with van der Waals surface area (Å²) in [5.74, 6) is -0.566. The number of anilines is 2. The van der Waals surface area contributed by atoms with Gasteiger partial charge in [0.25, 0.3) is 11.8 Å². The first-order chi connectivity index (χ1) is 19.7. The van der Waals surface area contributed by atoms with Crippen LogP contribution in [0.5, 0.6) is 0 Å². The Hall–Kier alpha value is -4.41. The number of carbonyl (C=O) groups is 2. The summed E-state index contributed by atoms with van der Waals surface area (Å²) in [7, 11) is 0. The Balaban J connectivity index is 1.51. The standard InChI is InChI=1S/C34H34N4O2S/c1-20-10-13-27(14-11-20)36-33(40)31-29-8-6-7-9-30(29)41-34(31)38-23(4)17-25(24(38)5)18-26(19-35)32(39)37-28-15-12-21(2)22(3)16-28/h10-18H,6-9H2,1-5H3,(H,36,40)(H,37,39)/b26-18-. The Morgan fingerprint density at radius 1 is 0.902 bits per heavy atom. The summed E-state index contributed by atoms with van der Waals surface area (Å²) in [6.07, 6.45) is 5.66. The minimum absolute atomic E-state index is 0.0197. The van der Waals surface area contributed by atoms with Gasteiger partial charge < -0.3 is 15.2 Å². The van der Waals surface area contributed by atoms with Crippen LogP contribution in [0.2, 0.25) is 0 Å². The molecule has 0 unspecified atom stereocenters. The number of amides is 2. The Bertz CT molecular complexity index is 1730. The van der Waals surface area contributed by atoms with E-state index < -0.39 is 5.91 Å². The van der Waals surface area contributed by atoms with E-state index in [2.05, 4.69) is 21.3 Å². The average Bonchev–Trinajstić information content (AvgIpc) is 3.46. The summed E-state index contributed by atoms with van der Waals surface area (Å²) < 4.78 is 2.09. The van der Waals surface area contributed by atoms with E-state index >= 15 is 0 Å². The Labute approximate surface area is 245 Å². The van der Waals surface area contributed by atoms with Crippen molar-refractivity contribution in [2.45, 2.75) is 60.3 Å². The highest BCUT2D eigenvalue weighted by Crippen LogP contribution is 2.39. The van der Waals surface area contributed by atoms with Crippen molar-refractivity contribution in [3.63, 3.8) is 0 Å². The number of aryl methyl sites for hydroxylation is 5. The first-order valence-electron chi connectivity index (χ1n) is 13.9. The van der Waals surface area contributed by atoms with Gasteiger partial charge in [-0.1, -0.05) is 23.8 Å². The van der Waals surface area contributed by atoms with Crippen LogP contribution in [0.25, 0.3) is 11.1 Å². The number of rotatable bonds is 6. The zero-order valence-corrected chi connectivity index (χ0v) is 25.0. The van der Waals surface area contributed by atoms with E-state index in [0.717, 1.165) is 81.1 Å². The Morgan fingerprint density at radius 3 is 2.32 bits per heavy atom. The van der Waals surface area contributed by atoms with Gasteiger partial charge in [0.2, 0.25) is 0 Å². The molecule has 0 fully saturated rings. The molecule has 2 aromatic heterocycles. The predicted molar refractivity (Wildman–Crippen MR) is 167 cm³/mol. The van der Waals surface area contributed by atoms with Gasteiger partial charge in [0, 0.05) is 27.6 Å². The Morgan fingerprint density at radius 2 is 1.61 bits per heavy atom. The summed E-state index contributed by atoms with van der Waals surface area (Å²) >= 11 is 1.67. The molecule has 7 heteroatoms. The molecule has 0 saturated carbocycles. The fourth-order valence-electron chi connectivity index (χ4n) is 5.34. The molecule has 6 nitrogen and oxygen atoms in total. The monoisotopic (exact) mass is 562 g/mol. The van der Waals surface area contributed by atoms with E-state index in [1.54, 1.807) is 17.4 Å². The minimum atomic E-state index is -0.453. The van der Waals surface area contributed by atoms with Crippen molar-refractivity contribution in [1.82, 2.24) is 4.57 Å². The molecule has 208 valence electrons. The number of nitriles is 1. The van der Waals surface area contributed by atoms with Crippen molar-refractivity contribution in [2.24, 2.45) is 0 Å². The molecule has 1 aliphatic rings. The molecule has 2 amide bonds. The van der Waals surface area contributed by atoms with Crippen molar-refractivity contribution >= 4 is 40.6 Å². The number of nitrogens with zero attached hydrogens (tertiary/aromatic N) is 2. The first-order valence-corrected chi connectivity index (χ1v) is 14.7. The molecule has 4 aromatic rings. The van der Waals surface area contributed by atoms with Crippen molar-refractivity contribution in [2.75, 3.05) is 10.6 Å². The third-order valence-electron chi connectivity index (χ3n) is 7.79. The average molecular weight is 563 g/mol. The molecule has 41 heavy (non-hydrogen) atoms. The topological polar surface area (TPSA) is 86.9 Å². The second kappa shape index (κ2) is 11.6. The smallest absolute Gasteiger partial charge is 0.266 e. The molecule has 2 aromatic carbocycles. The summed E-state index contributed by atoms with van der Waals surface area (Å²) in [4.78, 5) is 28.0. The molecule has 0 atom stereocenters. The van der Waals surface area contributed by atoms with E-state index in [-0.39, 0.29) is 11.5 Å². The molecular formula is C34H34N4O2S. The molecule has 0 saturated heterocycles. The lowest BCUT2D eigenvalue weighted by atomic mass is 9.95. The second-order valence-electron chi connectivity index (χ2n) is 10.8. The molecule has 2 heterocycles. The van der Waals surface area contributed by atoms with Gasteiger partial charge in [0.1, 0.15) is 16.6 Å². The van der Waals surface area contributed by atoms with Gasteiger partial charge in [-0.3, -0.25) is 9.59 Å². The van der Waals surface area contributed by atoms with E-state index in [1.807, 2.05) is 83.1 Å². The number of aromatic nitrogens is 1. The fourth-order valence-corrected chi connectivity index (χ4v) is 6.84. The van der Waals surface area contributed by atoms with Crippen LogP contribution in [0.3, 0.4) is 0 Å². The van der Waals surface area contributed by atoms with Gasteiger partial charge in [-0.2, -0.15) is 5.26 Å². The van der Waals surface area contributed by atoms with E-state index in [9.17, 15) is 14.9 Å². The summed E-state index contributed by atoms with van der Waals surface area (Å²) in [5, 5.41) is 16.7. The normalized spacial score (nSPS) is 12.9. The molecule has 0 aliphatic heterocycles. The third kappa shape index (κ3) is 5.75. The lowest BCUT2D eigenvalue weighted by Gasteiger charge is -2.14. The van der Waals surface area contributed by atoms with Crippen LogP contribution in [0.1, 0.15) is 67.3 Å². The van der Waals surface area contributed by atoms with Gasteiger partial charge in [-0.05, 0) is 119 Å². The van der Waals surface area contributed by atoms with Crippen molar-refractivity contribution in [3.05, 3.63) is 104 Å². The number of fused-ring (bicyclic) bond motifs is 1. The highest BCUT2D eigenvalue weighted by atomic mass is 32.1. The number of hydrogen-bond acceptors (Lipinski definition) is 4. The van der Waals surface area contributed by atoms with E-state index in [0.29, 0.717) is 5.69 Å². The molecule has 1 aliphatic carbocycles.